The maximum absolute atomic E-state index is 12.4. The van der Waals surface area contributed by atoms with Gasteiger partial charge in [0.15, 0.2) is 0 Å². The maximum atomic E-state index is 12.4. The van der Waals surface area contributed by atoms with Gasteiger partial charge in [-0.2, -0.15) is 4.31 Å². The minimum Gasteiger partial charge on any atom is -0.383 e. The molecule has 1 unspecified atom stereocenters. The van der Waals surface area contributed by atoms with E-state index in [1.54, 1.807) is 20.2 Å². The van der Waals surface area contributed by atoms with Crippen molar-refractivity contribution in [1.82, 2.24) is 14.6 Å². The summed E-state index contributed by atoms with van der Waals surface area (Å²) in [6, 6.07) is 1.47. The number of aromatic amines is 1. The summed E-state index contributed by atoms with van der Waals surface area (Å²) in [5.74, 6) is 0. The molecule has 6 nitrogen and oxygen atoms in total. The second-order valence-corrected chi connectivity index (χ2v) is 6.86. The zero-order chi connectivity index (χ0) is 15.2. The summed E-state index contributed by atoms with van der Waals surface area (Å²) in [7, 11) is -0.345. The first-order valence-corrected chi connectivity index (χ1v) is 8.22. The minimum absolute atomic E-state index is 0.207. The molecule has 0 aliphatic carbocycles. The van der Waals surface area contributed by atoms with Gasteiger partial charge >= 0.3 is 0 Å². The summed E-state index contributed by atoms with van der Waals surface area (Å²) in [5.41, 5.74) is 0.866. The van der Waals surface area contributed by atoms with E-state index >= 15 is 0 Å². The van der Waals surface area contributed by atoms with E-state index in [0.717, 1.165) is 18.7 Å². The molecule has 116 valence electrons. The third-order valence-corrected chi connectivity index (χ3v) is 5.11. The predicted molar refractivity (Wildman–Crippen MR) is 79.1 cm³/mol. The molecule has 0 fully saturated rings. The number of hydrogen-bond donors (Lipinski definition) is 2. The zero-order valence-electron chi connectivity index (χ0n) is 12.6. The van der Waals surface area contributed by atoms with E-state index in [4.69, 9.17) is 4.74 Å². The van der Waals surface area contributed by atoms with Crippen LogP contribution in [0.25, 0.3) is 0 Å². The Morgan fingerprint density at radius 3 is 2.80 bits per heavy atom. The molecule has 1 rings (SSSR count). The highest BCUT2D eigenvalue weighted by Crippen LogP contribution is 2.17. The van der Waals surface area contributed by atoms with E-state index in [1.165, 1.54) is 10.5 Å². The summed E-state index contributed by atoms with van der Waals surface area (Å²) < 4.78 is 31.2. The highest BCUT2D eigenvalue weighted by molar-refractivity contribution is 7.89. The quantitative estimate of drug-likeness (QED) is 0.672. The van der Waals surface area contributed by atoms with Gasteiger partial charge in [-0.1, -0.05) is 6.92 Å². The Balaban J connectivity index is 2.77. The third-order valence-electron chi connectivity index (χ3n) is 3.16. The van der Waals surface area contributed by atoms with Crippen molar-refractivity contribution in [1.29, 1.82) is 0 Å². The number of hydrogen-bond acceptors (Lipinski definition) is 4. The molecule has 0 saturated heterocycles. The number of rotatable bonds is 9. The topological polar surface area (TPSA) is 74.4 Å². The van der Waals surface area contributed by atoms with E-state index in [2.05, 4.69) is 17.2 Å². The van der Waals surface area contributed by atoms with Crippen molar-refractivity contribution in [3.63, 3.8) is 0 Å². The van der Waals surface area contributed by atoms with Gasteiger partial charge in [0, 0.05) is 38.6 Å². The summed E-state index contributed by atoms with van der Waals surface area (Å²) in [5, 5.41) is 3.23. The van der Waals surface area contributed by atoms with Crippen molar-refractivity contribution in [3.05, 3.63) is 18.0 Å². The molecule has 2 N–H and O–H groups in total. The number of sulfonamides is 1. The molecule has 0 bridgehead atoms. The van der Waals surface area contributed by atoms with Gasteiger partial charge in [-0.3, -0.25) is 0 Å². The van der Waals surface area contributed by atoms with Crippen LogP contribution in [0.4, 0.5) is 0 Å². The Kier molecular flexibility index (Phi) is 6.67. The summed E-state index contributed by atoms with van der Waals surface area (Å²) in [4.78, 5) is 3.29. The monoisotopic (exact) mass is 303 g/mol. The fourth-order valence-electron chi connectivity index (χ4n) is 1.82. The highest BCUT2D eigenvalue weighted by atomic mass is 32.2. The Hall–Kier alpha value is -0.890. The fraction of sp³-hybridized carbons (Fsp3) is 0.692. The molecule has 0 aliphatic heterocycles. The first-order chi connectivity index (χ1) is 9.43. The molecule has 1 aromatic heterocycles. The number of nitrogens with zero attached hydrogens (tertiary/aromatic N) is 1. The fourth-order valence-corrected chi connectivity index (χ4v) is 3.19. The van der Waals surface area contributed by atoms with Crippen molar-refractivity contribution in [2.45, 2.75) is 37.8 Å². The SMILES string of the molecule is CCCNCc1cc(S(=O)(=O)N(C)C(C)COC)c[nH]1. The number of ether oxygens (including phenoxy) is 1. The largest absolute Gasteiger partial charge is 0.383 e. The summed E-state index contributed by atoms with van der Waals surface area (Å²) >= 11 is 0. The first kappa shape index (κ1) is 17.2. The van der Waals surface area contributed by atoms with Crippen LogP contribution in [0.2, 0.25) is 0 Å². The number of aromatic nitrogens is 1. The molecule has 0 spiro atoms. The molecule has 1 heterocycles. The number of H-pyrrole nitrogens is 1. The van der Waals surface area contributed by atoms with Crippen LogP contribution in [0.5, 0.6) is 0 Å². The predicted octanol–water partition coefficient (Wildman–Crippen LogP) is 1.17. The molecule has 0 aliphatic rings. The molecule has 20 heavy (non-hydrogen) atoms. The van der Waals surface area contributed by atoms with Crippen LogP contribution in [0.1, 0.15) is 26.0 Å². The Labute approximate surface area is 121 Å². The highest BCUT2D eigenvalue weighted by Gasteiger charge is 2.26. The lowest BCUT2D eigenvalue weighted by atomic mass is 10.4. The van der Waals surface area contributed by atoms with Gasteiger partial charge in [-0.25, -0.2) is 8.42 Å². The lowest BCUT2D eigenvalue weighted by Crippen LogP contribution is -2.37. The average Bonchev–Trinajstić information content (AvgIpc) is 2.88. The molecule has 1 aromatic rings. The van der Waals surface area contributed by atoms with Gasteiger partial charge in [-0.05, 0) is 26.0 Å². The van der Waals surface area contributed by atoms with Gasteiger partial charge < -0.3 is 15.0 Å². The standard InChI is InChI=1S/C13H25N3O3S/c1-5-6-14-8-12-7-13(9-15-12)20(17,18)16(3)11(2)10-19-4/h7,9,11,14-15H,5-6,8,10H2,1-4H3. The van der Waals surface area contributed by atoms with Crippen LogP contribution in [-0.2, 0) is 21.3 Å². The molecule has 0 radical (unpaired) electrons. The van der Waals surface area contributed by atoms with E-state index in [0.29, 0.717) is 13.2 Å². The number of nitrogens with one attached hydrogen (secondary N) is 2. The van der Waals surface area contributed by atoms with Crippen LogP contribution >= 0.6 is 0 Å². The van der Waals surface area contributed by atoms with E-state index in [9.17, 15) is 8.42 Å². The van der Waals surface area contributed by atoms with Crippen molar-refractivity contribution in [2.75, 3.05) is 27.3 Å². The maximum Gasteiger partial charge on any atom is 0.244 e. The van der Waals surface area contributed by atoms with E-state index < -0.39 is 10.0 Å². The summed E-state index contributed by atoms with van der Waals surface area (Å²) in [6.45, 7) is 5.82. The van der Waals surface area contributed by atoms with Crippen LogP contribution in [-0.4, -0.2) is 51.1 Å². The van der Waals surface area contributed by atoms with Gasteiger partial charge in [0.2, 0.25) is 10.0 Å². The number of likely N-dealkylation sites (N-methyl/N-ethyl adjacent to an activating group) is 1. The Bertz CT molecular complexity index is 499. The molecule has 0 aromatic carbocycles. The van der Waals surface area contributed by atoms with Crippen molar-refractivity contribution in [2.24, 2.45) is 0 Å². The smallest absolute Gasteiger partial charge is 0.244 e. The van der Waals surface area contributed by atoms with Gasteiger partial charge in [0.25, 0.3) is 0 Å². The molecule has 7 heteroatoms. The number of methoxy groups -OCH3 is 1. The van der Waals surface area contributed by atoms with Crippen LogP contribution in [0.3, 0.4) is 0 Å². The van der Waals surface area contributed by atoms with Gasteiger partial charge in [0.1, 0.15) is 0 Å². The second kappa shape index (κ2) is 7.78. The van der Waals surface area contributed by atoms with E-state index in [1.807, 2.05) is 6.92 Å². The van der Waals surface area contributed by atoms with Gasteiger partial charge in [0.05, 0.1) is 11.5 Å². The molecular formula is C13H25N3O3S. The van der Waals surface area contributed by atoms with E-state index in [-0.39, 0.29) is 10.9 Å². The van der Waals surface area contributed by atoms with Crippen LogP contribution in [0.15, 0.2) is 17.2 Å². The molecule has 0 amide bonds. The first-order valence-electron chi connectivity index (χ1n) is 6.78. The van der Waals surface area contributed by atoms with Crippen LogP contribution < -0.4 is 5.32 Å². The lowest BCUT2D eigenvalue weighted by molar-refractivity contribution is 0.149. The van der Waals surface area contributed by atoms with Gasteiger partial charge in [-0.15, -0.1) is 0 Å². The lowest BCUT2D eigenvalue weighted by Gasteiger charge is -2.22. The Morgan fingerprint density at radius 2 is 2.20 bits per heavy atom. The van der Waals surface area contributed by atoms with Crippen molar-refractivity contribution in [3.8, 4) is 0 Å². The van der Waals surface area contributed by atoms with Crippen molar-refractivity contribution < 1.29 is 13.2 Å². The summed E-state index contributed by atoms with van der Waals surface area (Å²) in [6.07, 6.45) is 2.58. The normalized spacial score (nSPS) is 13.8. The molecular weight excluding hydrogens is 278 g/mol. The Morgan fingerprint density at radius 1 is 1.50 bits per heavy atom. The second-order valence-electron chi connectivity index (χ2n) is 4.86. The van der Waals surface area contributed by atoms with Crippen molar-refractivity contribution >= 4 is 10.0 Å². The van der Waals surface area contributed by atoms with Crippen LogP contribution in [0, 0.1) is 0 Å². The molecule has 1 atom stereocenters. The molecule has 0 saturated carbocycles. The third kappa shape index (κ3) is 4.31. The average molecular weight is 303 g/mol. The minimum atomic E-state index is -3.48. The zero-order valence-corrected chi connectivity index (χ0v) is 13.5.